The first-order valence-electron chi connectivity index (χ1n) is 19.8. The van der Waals surface area contributed by atoms with Gasteiger partial charge in [0.25, 0.3) is 0 Å². The van der Waals surface area contributed by atoms with E-state index in [2.05, 4.69) is 165 Å². The van der Waals surface area contributed by atoms with Crippen molar-refractivity contribution in [2.45, 2.75) is 136 Å². The lowest BCUT2D eigenvalue weighted by Crippen LogP contribution is -2.00. The summed E-state index contributed by atoms with van der Waals surface area (Å²) >= 11 is 0. The van der Waals surface area contributed by atoms with E-state index < -0.39 is 0 Å². The molecule has 7 rings (SSSR count). The largest absolute Gasteiger partial charge is 0.0683 e. The van der Waals surface area contributed by atoms with Gasteiger partial charge in [0, 0.05) is 0 Å². The van der Waals surface area contributed by atoms with Gasteiger partial charge in [-0.05, 0) is 79.0 Å². The van der Waals surface area contributed by atoms with Crippen molar-refractivity contribution in [1.82, 2.24) is 0 Å². The fourth-order valence-electron chi connectivity index (χ4n) is 5.01. The van der Waals surface area contributed by atoms with Crippen LogP contribution in [0.25, 0.3) is 33.0 Å². The maximum Gasteiger partial charge on any atom is -0.00132 e. The number of hydrogen-bond donors (Lipinski definition) is 0. The third-order valence-electron chi connectivity index (χ3n) is 8.51. The molecule has 0 saturated heterocycles. The molecule has 2 aliphatic rings. The minimum Gasteiger partial charge on any atom is -0.0683 e. The Morgan fingerprint density at radius 2 is 0.620 bits per heavy atom. The quantitative estimate of drug-likeness (QED) is 0.150. The maximum absolute atomic E-state index is 2.25. The molecule has 0 fully saturated rings. The monoisotopic (exact) mass is 675 g/mol. The normalized spacial score (nSPS) is 10.8. The molecule has 0 heteroatoms. The molecule has 0 bridgehead atoms. The molecule has 0 aromatic heterocycles. The van der Waals surface area contributed by atoms with Gasteiger partial charge in [-0.1, -0.05) is 233 Å². The van der Waals surface area contributed by atoms with Gasteiger partial charge in [0.05, 0.1) is 0 Å². The standard InChI is InChI=1S/C17H12.C13H10.2C6H14.4C2H6/c1-2-9-15-13(5-1)11-14-8-3-6-12-7-4-10-16(15)17(12)14;1-3-7-12-10(5-1)9-11-6-2-4-8-13(11)12;2*1-5-6(2,3)4;4*1-2/h1-10H,11H2;1-8H,9H2;2*5H2,1-4H3;4*1-2H3. The number of fused-ring (bicyclic) bond motifs is 5. The Morgan fingerprint density at radius 1 is 0.360 bits per heavy atom. The number of rotatable bonds is 0. The number of hydrogen-bond acceptors (Lipinski definition) is 0. The van der Waals surface area contributed by atoms with Crippen LogP contribution in [-0.2, 0) is 12.8 Å². The van der Waals surface area contributed by atoms with Gasteiger partial charge in [-0.2, -0.15) is 0 Å². The van der Waals surface area contributed by atoms with Gasteiger partial charge in [0.1, 0.15) is 0 Å². The molecule has 0 nitrogen and oxygen atoms in total. The topological polar surface area (TPSA) is 0 Å². The van der Waals surface area contributed by atoms with Crippen molar-refractivity contribution < 1.29 is 0 Å². The van der Waals surface area contributed by atoms with E-state index in [1.807, 2.05) is 55.4 Å². The predicted molar refractivity (Wildman–Crippen MR) is 232 cm³/mol. The molecular formula is C50H74. The summed E-state index contributed by atoms with van der Waals surface area (Å²) in [4.78, 5) is 0. The predicted octanol–water partition coefficient (Wildman–Crippen LogP) is 16.7. The molecular weight excluding hydrogens is 601 g/mol. The lowest BCUT2D eigenvalue weighted by atomic mass is 9.84. The summed E-state index contributed by atoms with van der Waals surface area (Å²) in [6.45, 7) is 33.9. The van der Waals surface area contributed by atoms with Crippen LogP contribution in [0, 0.1) is 10.8 Å². The molecule has 0 atom stereocenters. The first kappa shape index (κ1) is 46.4. The SMILES string of the molecule is CC.CC.CC.CC.CCC(C)(C)C.CCC(C)(C)C.c1ccc2c(c1)Cc1cccc3cccc-2c13.c1ccc2c(c1)Cc1ccccc1-2. The summed E-state index contributed by atoms with van der Waals surface area (Å²) in [5.41, 5.74) is 12.5. The van der Waals surface area contributed by atoms with Crippen LogP contribution in [0.15, 0.2) is 109 Å². The Bertz CT molecular complexity index is 1540. The summed E-state index contributed by atoms with van der Waals surface area (Å²) in [5.74, 6) is 0. The van der Waals surface area contributed by atoms with Crippen LogP contribution in [-0.4, -0.2) is 0 Å². The van der Waals surface area contributed by atoms with Gasteiger partial charge in [-0.3, -0.25) is 0 Å². The Hall–Kier alpha value is -3.64. The Labute approximate surface area is 310 Å². The molecule has 5 aromatic carbocycles. The van der Waals surface area contributed by atoms with Crippen molar-refractivity contribution in [2.75, 3.05) is 0 Å². The summed E-state index contributed by atoms with van der Waals surface area (Å²) in [6, 6.07) is 39.3. The fraction of sp³-hybridized carbons (Fsp3) is 0.440. The van der Waals surface area contributed by atoms with Crippen molar-refractivity contribution in [3.05, 3.63) is 131 Å². The second-order valence-electron chi connectivity index (χ2n) is 14.0. The van der Waals surface area contributed by atoms with E-state index >= 15 is 0 Å². The number of benzene rings is 5. The van der Waals surface area contributed by atoms with Crippen LogP contribution in [0.2, 0.25) is 0 Å². The Balaban J connectivity index is 0.000000648. The lowest BCUT2D eigenvalue weighted by Gasteiger charge is -2.20. The first-order valence-corrected chi connectivity index (χ1v) is 19.8. The molecule has 50 heavy (non-hydrogen) atoms. The molecule has 0 amide bonds. The highest BCUT2D eigenvalue weighted by molar-refractivity contribution is 6.01. The third-order valence-corrected chi connectivity index (χ3v) is 8.51. The molecule has 5 aromatic rings. The summed E-state index contributed by atoms with van der Waals surface area (Å²) < 4.78 is 0. The summed E-state index contributed by atoms with van der Waals surface area (Å²) in [6.07, 6.45) is 4.71. The van der Waals surface area contributed by atoms with Gasteiger partial charge < -0.3 is 0 Å². The smallest absolute Gasteiger partial charge is 0.00132 e. The first-order chi connectivity index (χ1) is 24.0. The van der Waals surface area contributed by atoms with Crippen molar-refractivity contribution in [3.8, 4) is 22.3 Å². The molecule has 0 unspecified atom stereocenters. The molecule has 0 saturated carbocycles. The average molecular weight is 675 g/mol. The van der Waals surface area contributed by atoms with Crippen molar-refractivity contribution in [3.63, 3.8) is 0 Å². The van der Waals surface area contributed by atoms with Crippen LogP contribution in [0.1, 0.15) is 146 Å². The minimum absolute atomic E-state index is 0.542. The second-order valence-corrected chi connectivity index (χ2v) is 14.0. The fourth-order valence-corrected chi connectivity index (χ4v) is 5.01. The van der Waals surface area contributed by atoms with E-state index in [0.29, 0.717) is 10.8 Å². The average Bonchev–Trinajstić information content (AvgIpc) is 3.54. The summed E-state index contributed by atoms with van der Waals surface area (Å²) in [5, 5.41) is 2.79. The molecule has 0 N–H and O–H groups in total. The Morgan fingerprint density at radius 3 is 0.980 bits per heavy atom. The van der Waals surface area contributed by atoms with Gasteiger partial charge in [0.2, 0.25) is 0 Å². The van der Waals surface area contributed by atoms with Crippen LogP contribution in [0.4, 0.5) is 0 Å². The minimum atomic E-state index is 0.542. The van der Waals surface area contributed by atoms with E-state index in [1.165, 1.54) is 68.1 Å². The van der Waals surface area contributed by atoms with Crippen LogP contribution in [0.5, 0.6) is 0 Å². The lowest BCUT2D eigenvalue weighted by molar-refractivity contribution is 0.397. The maximum atomic E-state index is 2.25. The van der Waals surface area contributed by atoms with Gasteiger partial charge in [-0.15, -0.1) is 0 Å². The third kappa shape index (κ3) is 14.7. The molecule has 2 aliphatic carbocycles. The zero-order valence-electron chi connectivity index (χ0n) is 35.2. The highest BCUT2D eigenvalue weighted by Gasteiger charge is 2.17. The van der Waals surface area contributed by atoms with Crippen LogP contribution < -0.4 is 0 Å². The zero-order valence-corrected chi connectivity index (χ0v) is 35.2. The molecule has 0 radical (unpaired) electrons. The van der Waals surface area contributed by atoms with Gasteiger partial charge >= 0.3 is 0 Å². The molecule has 0 heterocycles. The van der Waals surface area contributed by atoms with E-state index in [1.54, 1.807) is 0 Å². The Kier molecular flexibility index (Phi) is 22.7. The molecule has 0 spiro atoms. The second kappa shape index (κ2) is 24.5. The van der Waals surface area contributed by atoms with Crippen molar-refractivity contribution in [1.29, 1.82) is 0 Å². The highest BCUT2D eigenvalue weighted by atomic mass is 14.2. The van der Waals surface area contributed by atoms with Crippen LogP contribution >= 0.6 is 0 Å². The van der Waals surface area contributed by atoms with Gasteiger partial charge in [0.15, 0.2) is 0 Å². The van der Waals surface area contributed by atoms with Gasteiger partial charge in [-0.25, -0.2) is 0 Å². The van der Waals surface area contributed by atoms with Crippen molar-refractivity contribution in [2.24, 2.45) is 10.8 Å². The van der Waals surface area contributed by atoms with Crippen molar-refractivity contribution >= 4 is 10.8 Å². The van der Waals surface area contributed by atoms with E-state index in [0.717, 1.165) is 12.8 Å². The highest BCUT2D eigenvalue weighted by Crippen LogP contribution is 2.39. The van der Waals surface area contributed by atoms with E-state index in [9.17, 15) is 0 Å². The van der Waals surface area contributed by atoms with E-state index in [-0.39, 0.29) is 0 Å². The van der Waals surface area contributed by atoms with Crippen LogP contribution in [0.3, 0.4) is 0 Å². The molecule has 274 valence electrons. The van der Waals surface area contributed by atoms with E-state index in [4.69, 9.17) is 0 Å². The summed E-state index contributed by atoms with van der Waals surface area (Å²) in [7, 11) is 0. The molecule has 0 aliphatic heterocycles. The zero-order chi connectivity index (χ0) is 38.3.